The van der Waals surface area contributed by atoms with Gasteiger partial charge in [0.1, 0.15) is 5.75 Å². The zero-order valence-electron chi connectivity index (χ0n) is 11.6. The fourth-order valence-electron chi connectivity index (χ4n) is 2.32. The van der Waals surface area contributed by atoms with Crippen LogP contribution in [0.5, 0.6) is 5.75 Å². The Bertz CT molecular complexity index is 580. The molecule has 1 unspecified atom stereocenters. The Morgan fingerprint density at radius 3 is 2.47 bits per heavy atom. The van der Waals surface area contributed by atoms with Gasteiger partial charge in [-0.15, -0.1) is 11.3 Å². The summed E-state index contributed by atoms with van der Waals surface area (Å²) in [5.74, 6) is 0.947. The molecule has 0 fully saturated rings. The number of ether oxygens (including phenoxy) is 1. The summed E-state index contributed by atoms with van der Waals surface area (Å²) < 4.78 is 6.54. The first-order valence-electron chi connectivity index (χ1n) is 6.13. The lowest BCUT2D eigenvalue weighted by Crippen LogP contribution is -2.18. The number of hydrogen-bond donors (Lipinski definition) is 1. The summed E-state index contributed by atoms with van der Waals surface area (Å²) in [7, 11) is 3.71. The number of benzene rings is 1. The van der Waals surface area contributed by atoms with Crippen LogP contribution in [0.1, 0.15) is 28.3 Å². The molecule has 0 aliphatic carbocycles. The molecule has 0 amide bonds. The van der Waals surface area contributed by atoms with Gasteiger partial charge < -0.3 is 10.1 Å². The highest BCUT2D eigenvalue weighted by atomic mass is 79.9. The van der Waals surface area contributed by atoms with Crippen molar-refractivity contribution in [1.82, 2.24) is 5.32 Å². The molecule has 4 heteroatoms. The topological polar surface area (TPSA) is 21.3 Å². The molecular weight excluding hydrogens is 322 g/mol. The van der Waals surface area contributed by atoms with Crippen LogP contribution in [-0.4, -0.2) is 14.2 Å². The SMILES string of the molecule is CNC(c1csc(Br)c1)c1cc(C)c(OC)cc1C. The van der Waals surface area contributed by atoms with Crippen molar-refractivity contribution in [1.29, 1.82) is 0 Å². The van der Waals surface area contributed by atoms with E-state index in [1.165, 1.54) is 16.7 Å². The molecule has 1 aromatic carbocycles. The molecule has 0 aliphatic rings. The number of hydrogen-bond acceptors (Lipinski definition) is 3. The van der Waals surface area contributed by atoms with Crippen molar-refractivity contribution in [2.75, 3.05) is 14.2 Å². The molecule has 1 aromatic heterocycles. The molecule has 102 valence electrons. The highest BCUT2D eigenvalue weighted by Crippen LogP contribution is 2.33. The van der Waals surface area contributed by atoms with Crippen molar-refractivity contribution in [3.05, 3.63) is 49.6 Å². The average molecular weight is 340 g/mol. The van der Waals surface area contributed by atoms with E-state index in [-0.39, 0.29) is 6.04 Å². The van der Waals surface area contributed by atoms with Crippen molar-refractivity contribution in [2.24, 2.45) is 0 Å². The van der Waals surface area contributed by atoms with Crippen molar-refractivity contribution < 1.29 is 4.74 Å². The minimum absolute atomic E-state index is 0.215. The van der Waals surface area contributed by atoms with Gasteiger partial charge in [0.05, 0.1) is 16.9 Å². The number of thiophene rings is 1. The Hall–Kier alpha value is -0.840. The molecule has 0 aliphatic heterocycles. The molecule has 2 nitrogen and oxygen atoms in total. The zero-order valence-corrected chi connectivity index (χ0v) is 14.0. The van der Waals surface area contributed by atoms with Gasteiger partial charge in [-0.05, 0) is 76.6 Å². The van der Waals surface area contributed by atoms with Gasteiger partial charge in [-0.1, -0.05) is 6.07 Å². The van der Waals surface area contributed by atoms with Gasteiger partial charge in [-0.2, -0.15) is 0 Å². The summed E-state index contributed by atoms with van der Waals surface area (Å²) >= 11 is 5.24. The standard InChI is InChI=1S/C15H18BrNOS/c1-9-6-13(18-4)10(2)5-12(9)15(17-3)11-7-14(16)19-8-11/h5-8,15,17H,1-4H3. The highest BCUT2D eigenvalue weighted by Gasteiger charge is 2.17. The molecule has 1 N–H and O–H groups in total. The number of rotatable bonds is 4. The smallest absolute Gasteiger partial charge is 0.122 e. The zero-order chi connectivity index (χ0) is 14.0. The Balaban J connectivity index is 2.47. The van der Waals surface area contributed by atoms with Gasteiger partial charge in [0.2, 0.25) is 0 Å². The van der Waals surface area contributed by atoms with Gasteiger partial charge >= 0.3 is 0 Å². The maximum Gasteiger partial charge on any atom is 0.122 e. The number of aryl methyl sites for hydroxylation is 2. The molecule has 0 spiro atoms. The minimum Gasteiger partial charge on any atom is -0.496 e. The van der Waals surface area contributed by atoms with E-state index in [9.17, 15) is 0 Å². The van der Waals surface area contributed by atoms with E-state index < -0.39 is 0 Å². The van der Waals surface area contributed by atoms with Crippen molar-refractivity contribution in [3.8, 4) is 5.75 Å². The first kappa shape index (κ1) is 14.6. The molecule has 1 atom stereocenters. The molecule has 1 heterocycles. The summed E-state index contributed by atoms with van der Waals surface area (Å²) in [5, 5.41) is 5.58. The third-order valence-corrected chi connectivity index (χ3v) is 4.83. The van der Waals surface area contributed by atoms with Crippen LogP contribution in [0.4, 0.5) is 0 Å². The lowest BCUT2D eigenvalue weighted by atomic mass is 9.95. The maximum absolute atomic E-state index is 5.38. The Kier molecular flexibility index (Phi) is 4.66. The third kappa shape index (κ3) is 3.02. The number of halogens is 1. The van der Waals surface area contributed by atoms with E-state index in [1.807, 2.05) is 7.05 Å². The Morgan fingerprint density at radius 1 is 1.21 bits per heavy atom. The number of methoxy groups -OCH3 is 1. The monoisotopic (exact) mass is 339 g/mol. The molecule has 0 saturated carbocycles. The first-order chi connectivity index (χ1) is 9.06. The average Bonchev–Trinajstić information content (AvgIpc) is 2.80. The van der Waals surface area contributed by atoms with Crippen LogP contribution in [0.3, 0.4) is 0 Å². The second kappa shape index (κ2) is 6.07. The largest absolute Gasteiger partial charge is 0.496 e. The summed E-state index contributed by atoms with van der Waals surface area (Å²) in [6.07, 6.45) is 0. The van der Waals surface area contributed by atoms with Crippen LogP contribution in [0, 0.1) is 13.8 Å². The van der Waals surface area contributed by atoms with E-state index >= 15 is 0 Å². The van der Waals surface area contributed by atoms with Gasteiger partial charge in [-0.25, -0.2) is 0 Å². The fraction of sp³-hybridized carbons (Fsp3) is 0.333. The second-order valence-electron chi connectivity index (χ2n) is 4.58. The van der Waals surface area contributed by atoms with Crippen molar-refractivity contribution in [2.45, 2.75) is 19.9 Å². The van der Waals surface area contributed by atoms with Gasteiger partial charge in [0.15, 0.2) is 0 Å². The van der Waals surface area contributed by atoms with E-state index in [0.29, 0.717) is 0 Å². The predicted octanol–water partition coefficient (Wildman–Crippen LogP) is 4.44. The lowest BCUT2D eigenvalue weighted by molar-refractivity contribution is 0.411. The summed E-state index contributed by atoms with van der Waals surface area (Å²) in [5.41, 5.74) is 4.99. The predicted molar refractivity (Wildman–Crippen MR) is 85.4 cm³/mol. The molecular formula is C15H18BrNOS. The molecule has 0 radical (unpaired) electrons. The van der Waals surface area contributed by atoms with Crippen molar-refractivity contribution >= 4 is 27.3 Å². The van der Waals surface area contributed by atoms with Gasteiger partial charge in [0.25, 0.3) is 0 Å². The molecule has 2 aromatic rings. The second-order valence-corrected chi connectivity index (χ2v) is 6.87. The Morgan fingerprint density at radius 2 is 1.95 bits per heavy atom. The molecule has 2 rings (SSSR count). The van der Waals surface area contributed by atoms with E-state index in [1.54, 1.807) is 18.4 Å². The highest BCUT2D eigenvalue weighted by molar-refractivity contribution is 9.11. The van der Waals surface area contributed by atoms with Crippen LogP contribution < -0.4 is 10.1 Å². The first-order valence-corrected chi connectivity index (χ1v) is 7.80. The molecule has 0 bridgehead atoms. The maximum atomic E-state index is 5.38. The molecule has 19 heavy (non-hydrogen) atoms. The normalized spacial score (nSPS) is 12.5. The fourth-order valence-corrected chi connectivity index (χ4v) is 3.52. The van der Waals surface area contributed by atoms with Crippen LogP contribution in [-0.2, 0) is 0 Å². The van der Waals surface area contributed by atoms with E-state index in [0.717, 1.165) is 15.1 Å². The molecule has 0 saturated heterocycles. The number of nitrogens with one attached hydrogen (secondary N) is 1. The Labute approximate surface area is 126 Å². The summed E-state index contributed by atoms with van der Waals surface area (Å²) in [6, 6.07) is 6.70. The van der Waals surface area contributed by atoms with Crippen LogP contribution in [0.25, 0.3) is 0 Å². The third-order valence-electron chi connectivity index (χ3n) is 3.30. The van der Waals surface area contributed by atoms with Crippen molar-refractivity contribution in [3.63, 3.8) is 0 Å². The lowest BCUT2D eigenvalue weighted by Gasteiger charge is -2.20. The summed E-state index contributed by atoms with van der Waals surface area (Å²) in [4.78, 5) is 0. The van der Waals surface area contributed by atoms with Crippen LogP contribution in [0.2, 0.25) is 0 Å². The van der Waals surface area contributed by atoms with Gasteiger partial charge in [0, 0.05) is 0 Å². The quantitative estimate of drug-likeness (QED) is 0.888. The summed E-state index contributed by atoms with van der Waals surface area (Å²) in [6.45, 7) is 4.21. The van der Waals surface area contributed by atoms with Gasteiger partial charge in [-0.3, -0.25) is 0 Å². The van der Waals surface area contributed by atoms with E-state index in [2.05, 4.69) is 58.7 Å². The van der Waals surface area contributed by atoms with E-state index in [4.69, 9.17) is 4.74 Å². The van der Waals surface area contributed by atoms with Crippen LogP contribution in [0.15, 0.2) is 27.4 Å². The minimum atomic E-state index is 0.215. The van der Waals surface area contributed by atoms with Crippen LogP contribution >= 0.6 is 27.3 Å².